The van der Waals surface area contributed by atoms with Crippen molar-refractivity contribution < 1.29 is 13.6 Å². The summed E-state index contributed by atoms with van der Waals surface area (Å²) in [5, 5.41) is 15.2. The smallest absolute Gasteiger partial charge is 0.224 e. The van der Waals surface area contributed by atoms with E-state index in [1.165, 1.54) is 0 Å². The second kappa shape index (κ2) is 9.33. The maximum Gasteiger partial charge on any atom is 0.224 e. The Morgan fingerprint density at radius 3 is 2.44 bits per heavy atom. The van der Waals surface area contributed by atoms with Gasteiger partial charge in [0.15, 0.2) is 17.3 Å². The number of fused-ring (bicyclic) bond motifs is 1. The number of nitrogens with zero attached hydrogens (tertiary/aromatic N) is 5. The number of benzene rings is 1. The number of carbonyl (C=O) groups excluding carboxylic acids is 1. The first-order valence-electron chi connectivity index (χ1n) is 12.2. The minimum Gasteiger partial charge on any atom is -0.369 e. The van der Waals surface area contributed by atoms with Crippen LogP contribution in [0.25, 0.3) is 11.2 Å². The number of hydrogen-bond donors (Lipinski definition) is 3. The maximum absolute atomic E-state index is 14.7. The molecule has 1 amide bonds. The zero-order chi connectivity index (χ0) is 25.4. The van der Waals surface area contributed by atoms with Crippen LogP contribution in [0.2, 0.25) is 0 Å². The van der Waals surface area contributed by atoms with Gasteiger partial charge in [-0.2, -0.15) is 10.2 Å². The van der Waals surface area contributed by atoms with E-state index in [2.05, 4.69) is 20.6 Å². The molecule has 9 nitrogen and oxygen atoms in total. The van der Waals surface area contributed by atoms with Crippen LogP contribution in [0.3, 0.4) is 0 Å². The first-order valence-corrected chi connectivity index (χ1v) is 12.2. The number of amides is 1. The van der Waals surface area contributed by atoms with Gasteiger partial charge in [0.05, 0.1) is 17.8 Å². The number of carbonyl (C=O) groups is 1. The predicted molar refractivity (Wildman–Crippen MR) is 130 cm³/mol. The van der Waals surface area contributed by atoms with Crippen molar-refractivity contribution in [3.8, 4) is 6.07 Å². The summed E-state index contributed by atoms with van der Waals surface area (Å²) < 4.78 is 31.3. The molecule has 0 saturated heterocycles. The topological polar surface area (TPSA) is 135 Å². The van der Waals surface area contributed by atoms with Gasteiger partial charge < -0.3 is 16.4 Å². The number of hydrogen-bond acceptors (Lipinski definition) is 7. The summed E-state index contributed by atoms with van der Waals surface area (Å²) in [6.45, 7) is 1.87. The summed E-state index contributed by atoms with van der Waals surface area (Å²) in [5.74, 6) is -1.43. The van der Waals surface area contributed by atoms with Crippen molar-refractivity contribution in [2.45, 2.75) is 70.4 Å². The Morgan fingerprint density at radius 2 is 1.83 bits per heavy atom. The molecular formula is C25H28F2N8O. The lowest BCUT2D eigenvalue weighted by Gasteiger charge is -2.35. The van der Waals surface area contributed by atoms with E-state index in [0.717, 1.165) is 37.8 Å². The monoisotopic (exact) mass is 494 g/mol. The first kappa shape index (κ1) is 23.9. The number of halogens is 2. The third-order valence-electron chi connectivity index (χ3n) is 7.55. The van der Waals surface area contributed by atoms with Crippen LogP contribution in [0.4, 0.5) is 26.4 Å². The van der Waals surface area contributed by atoms with Gasteiger partial charge in [0, 0.05) is 17.5 Å². The van der Waals surface area contributed by atoms with Gasteiger partial charge in [-0.3, -0.25) is 9.36 Å². The molecule has 2 aliphatic rings. The molecule has 188 valence electrons. The highest BCUT2D eigenvalue weighted by atomic mass is 19.1. The van der Waals surface area contributed by atoms with E-state index in [1.54, 1.807) is 12.3 Å². The van der Waals surface area contributed by atoms with Crippen molar-refractivity contribution >= 4 is 34.7 Å². The van der Waals surface area contributed by atoms with Crippen LogP contribution in [0.1, 0.15) is 69.9 Å². The molecule has 2 aromatic heterocycles. The molecule has 1 aromatic carbocycles. The van der Waals surface area contributed by atoms with Crippen LogP contribution in [0.15, 0.2) is 18.3 Å². The molecule has 3 aromatic rings. The SMILES string of the molecule is C[C@]1(C(N)=O)CC[C@H](n2c(Nc3c(F)cc(C#N)cc3F)nc3cnc(NC4CCCC4)nc32)CC1. The average molecular weight is 495 g/mol. The van der Waals surface area contributed by atoms with Gasteiger partial charge in [-0.05, 0) is 50.7 Å². The van der Waals surface area contributed by atoms with E-state index in [4.69, 9.17) is 16.0 Å². The van der Waals surface area contributed by atoms with Crippen LogP contribution in [-0.2, 0) is 4.79 Å². The van der Waals surface area contributed by atoms with Crippen molar-refractivity contribution in [1.82, 2.24) is 19.5 Å². The fourth-order valence-electron chi connectivity index (χ4n) is 5.26. The Bertz CT molecular complexity index is 1330. The molecule has 4 N–H and O–H groups in total. The normalized spacial score (nSPS) is 22.4. The molecule has 11 heteroatoms. The number of aromatic nitrogens is 4. The standard InChI is InChI=1S/C25H28F2N8O/c1-25(22(29)36)8-6-16(7-9-25)35-21-19(13-30-23(34-21)31-15-4-2-3-5-15)32-24(35)33-20-17(26)10-14(12-28)11-18(20)27/h10-11,13,15-16H,2-9H2,1H3,(H2,29,36)(H,32,33)(H,30,31,34)/t16-,25-. The van der Waals surface area contributed by atoms with E-state index < -0.39 is 22.7 Å². The molecule has 5 rings (SSSR count). The maximum atomic E-state index is 14.7. The van der Waals surface area contributed by atoms with E-state index >= 15 is 0 Å². The van der Waals surface area contributed by atoms with Crippen molar-refractivity contribution in [2.75, 3.05) is 10.6 Å². The van der Waals surface area contributed by atoms with Gasteiger partial charge in [-0.1, -0.05) is 19.8 Å². The van der Waals surface area contributed by atoms with Crippen LogP contribution >= 0.6 is 0 Å². The number of nitrogens with one attached hydrogen (secondary N) is 2. The molecule has 0 atom stereocenters. The van der Waals surface area contributed by atoms with E-state index in [0.29, 0.717) is 48.8 Å². The molecule has 2 aliphatic carbocycles. The number of nitriles is 1. The lowest BCUT2D eigenvalue weighted by molar-refractivity contribution is -0.128. The number of anilines is 3. The number of nitrogens with two attached hydrogens (primary N) is 1. The van der Waals surface area contributed by atoms with Crippen molar-refractivity contribution in [2.24, 2.45) is 11.1 Å². The molecule has 0 unspecified atom stereocenters. The van der Waals surface area contributed by atoms with Gasteiger partial charge in [-0.15, -0.1) is 0 Å². The summed E-state index contributed by atoms with van der Waals surface area (Å²) in [5.41, 5.74) is 5.53. The van der Waals surface area contributed by atoms with Crippen LogP contribution < -0.4 is 16.4 Å². The molecule has 2 heterocycles. The van der Waals surface area contributed by atoms with Gasteiger partial charge >= 0.3 is 0 Å². The quantitative estimate of drug-likeness (QED) is 0.453. The van der Waals surface area contributed by atoms with Crippen molar-refractivity contribution in [3.05, 3.63) is 35.5 Å². The predicted octanol–water partition coefficient (Wildman–Crippen LogP) is 4.68. The number of rotatable bonds is 6. The van der Waals surface area contributed by atoms with Crippen LogP contribution in [0, 0.1) is 28.4 Å². The number of imidazole rings is 1. The summed E-state index contributed by atoms with van der Waals surface area (Å²) in [7, 11) is 0. The molecule has 36 heavy (non-hydrogen) atoms. The lowest BCUT2D eigenvalue weighted by Crippen LogP contribution is -2.38. The van der Waals surface area contributed by atoms with Crippen LogP contribution in [-0.4, -0.2) is 31.5 Å². The Balaban J connectivity index is 1.55. The van der Waals surface area contributed by atoms with Gasteiger partial charge in [-0.25, -0.2) is 18.7 Å². The fraction of sp³-hybridized carbons (Fsp3) is 0.480. The van der Waals surface area contributed by atoms with Gasteiger partial charge in [0.1, 0.15) is 11.2 Å². The second-order valence-corrected chi connectivity index (χ2v) is 10.0. The van der Waals surface area contributed by atoms with Crippen LogP contribution in [0.5, 0.6) is 0 Å². The van der Waals surface area contributed by atoms with Gasteiger partial charge in [0.25, 0.3) is 0 Å². The summed E-state index contributed by atoms with van der Waals surface area (Å²) in [4.78, 5) is 25.7. The Hall–Kier alpha value is -3.81. The Kier molecular flexibility index (Phi) is 6.20. The van der Waals surface area contributed by atoms with E-state index in [-0.39, 0.29) is 23.5 Å². The first-order chi connectivity index (χ1) is 17.3. The largest absolute Gasteiger partial charge is 0.369 e. The number of primary amides is 1. The van der Waals surface area contributed by atoms with Gasteiger partial charge in [0.2, 0.25) is 17.8 Å². The molecule has 0 radical (unpaired) electrons. The Morgan fingerprint density at radius 1 is 1.17 bits per heavy atom. The van der Waals surface area contributed by atoms with E-state index in [1.807, 2.05) is 11.5 Å². The molecule has 0 bridgehead atoms. The minimum absolute atomic E-state index is 0.115. The highest BCUT2D eigenvalue weighted by Crippen LogP contribution is 2.43. The third-order valence-corrected chi connectivity index (χ3v) is 7.55. The second-order valence-electron chi connectivity index (χ2n) is 10.0. The molecule has 0 spiro atoms. The molecule has 0 aliphatic heterocycles. The summed E-state index contributed by atoms with van der Waals surface area (Å²) >= 11 is 0. The van der Waals surface area contributed by atoms with Crippen molar-refractivity contribution in [3.63, 3.8) is 0 Å². The minimum atomic E-state index is -0.898. The third kappa shape index (κ3) is 4.43. The highest BCUT2D eigenvalue weighted by Gasteiger charge is 2.38. The zero-order valence-electron chi connectivity index (χ0n) is 20.0. The lowest BCUT2D eigenvalue weighted by atomic mass is 9.73. The zero-order valence-corrected chi connectivity index (χ0v) is 20.0. The van der Waals surface area contributed by atoms with E-state index in [9.17, 15) is 13.6 Å². The fourth-order valence-corrected chi connectivity index (χ4v) is 5.26. The summed E-state index contributed by atoms with van der Waals surface area (Å²) in [6.07, 6.45) is 8.42. The highest BCUT2D eigenvalue weighted by molar-refractivity contribution is 5.80. The molecular weight excluding hydrogens is 466 g/mol. The summed E-state index contributed by atoms with van der Waals surface area (Å²) in [6, 6.07) is 3.88. The molecule has 2 saturated carbocycles. The Labute approximate surface area is 207 Å². The average Bonchev–Trinajstić information content (AvgIpc) is 3.49. The molecule has 2 fully saturated rings. The van der Waals surface area contributed by atoms with Crippen molar-refractivity contribution in [1.29, 1.82) is 5.26 Å².